The van der Waals surface area contributed by atoms with E-state index in [1.54, 1.807) is 0 Å². The van der Waals surface area contributed by atoms with Crippen molar-refractivity contribution in [2.75, 3.05) is 0 Å². The van der Waals surface area contributed by atoms with Crippen molar-refractivity contribution in [1.29, 1.82) is 0 Å². The molecule has 0 amide bonds. The predicted octanol–water partition coefficient (Wildman–Crippen LogP) is 1.56. The van der Waals surface area contributed by atoms with Crippen molar-refractivity contribution in [3.05, 3.63) is 0 Å². The lowest BCUT2D eigenvalue weighted by Crippen LogP contribution is -2.74. The van der Waals surface area contributed by atoms with Crippen LogP contribution >= 0.6 is 0 Å². The van der Waals surface area contributed by atoms with E-state index in [-0.39, 0.29) is 17.9 Å². The highest BCUT2D eigenvalue weighted by Crippen LogP contribution is 2.64. The third-order valence-electron chi connectivity index (χ3n) is 5.52. The van der Waals surface area contributed by atoms with E-state index >= 15 is 0 Å². The van der Waals surface area contributed by atoms with Gasteiger partial charge in [-0.1, -0.05) is 0 Å². The largest absolute Gasteiger partial charge is 0.455 e. The van der Waals surface area contributed by atoms with Gasteiger partial charge in [-0.3, -0.25) is 9.59 Å². The third kappa shape index (κ3) is 1.79. The summed E-state index contributed by atoms with van der Waals surface area (Å²) in [6.07, 6.45) is 3.36. The Kier molecular flexibility index (Phi) is 2.75. The number of hydrogen-bond acceptors (Lipinski definition) is 5. The summed E-state index contributed by atoms with van der Waals surface area (Å²) >= 11 is 0. The molecule has 0 aromatic rings. The molecule has 0 aromatic carbocycles. The maximum atomic E-state index is 11.6. The maximum Gasteiger partial charge on any atom is 0.303 e. The Morgan fingerprint density at radius 1 is 1.10 bits per heavy atom. The molecule has 5 nitrogen and oxygen atoms in total. The molecule has 1 N–H and O–H groups in total. The van der Waals surface area contributed by atoms with Crippen LogP contribution in [-0.4, -0.2) is 33.8 Å². The lowest BCUT2D eigenvalue weighted by atomic mass is 9.46. The van der Waals surface area contributed by atoms with Gasteiger partial charge in [-0.2, -0.15) is 0 Å². The first-order valence-electron chi connectivity index (χ1n) is 7.30. The van der Waals surface area contributed by atoms with Gasteiger partial charge >= 0.3 is 11.9 Å². The topological polar surface area (TPSA) is 72.8 Å². The van der Waals surface area contributed by atoms with Crippen molar-refractivity contribution in [3.8, 4) is 0 Å². The number of carbonyl (C=O) groups is 2. The minimum atomic E-state index is -0.872. The Balaban J connectivity index is 2.04. The number of ether oxygens (including phenoxy) is 2. The highest BCUT2D eigenvalue weighted by molar-refractivity contribution is 5.68. The second kappa shape index (κ2) is 3.97. The monoisotopic (exact) mass is 282 g/mol. The second-order valence-corrected chi connectivity index (χ2v) is 7.10. The summed E-state index contributed by atoms with van der Waals surface area (Å²) in [6, 6.07) is 0. The molecular formula is C15H22O5. The first-order valence-corrected chi connectivity index (χ1v) is 7.30. The van der Waals surface area contributed by atoms with E-state index < -0.39 is 16.8 Å². The first-order chi connectivity index (χ1) is 9.18. The Hall–Kier alpha value is -1.10. The van der Waals surface area contributed by atoms with Crippen LogP contribution in [0.15, 0.2) is 0 Å². The zero-order chi connectivity index (χ0) is 14.8. The molecule has 0 saturated heterocycles. The van der Waals surface area contributed by atoms with Crippen LogP contribution in [0.4, 0.5) is 0 Å². The standard InChI is InChI=1S/C15H22O5/c1-9(16)19-13(3)12-4-11-5-14(18,7-12)8-15(13,6-11)20-10(2)17/h11-12,18H,4-8H2,1-3H3. The Morgan fingerprint density at radius 3 is 2.30 bits per heavy atom. The molecule has 5 unspecified atom stereocenters. The lowest BCUT2D eigenvalue weighted by Gasteiger charge is -2.66. The van der Waals surface area contributed by atoms with Crippen LogP contribution in [-0.2, 0) is 19.1 Å². The first kappa shape index (κ1) is 13.9. The van der Waals surface area contributed by atoms with Gasteiger partial charge in [-0.25, -0.2) is 0 Å². The molecule has 5 atom stereocenters. The maximum absolute atomic E-state index is 11.6. The molecule has 4 bridgehead atoms. The van der Waals surface area contributed by atoms with Crippen LogP contribution in [0.1, 0.15) is 52.9 Å². The van der Waals surface area contributed by atoms with E-state index in [4.69, 9.17) is 9.47 Å². The van der Waals surface area contributed by atoms with E-state index in [2.05, 4.69) is 0 Å². The summed E-state index contributed by atoms with van der Waals surface area (Å²) in [6.45, 7) is 4.62. The fraction of sp³-hybridized carbons (Fsp3) is 0.867. The van der Waals surface area contributed by atoms with Gasteiger partial charge in [0, 0.05) is 26.2 Å². The van der Waals surface area contributed by atoms with Gasteiger partial charge in [-0.15, -0.1) is 0 Å². The summed E-state index contributed by atoms with van der Waals surface area (Å²) in [4.78, 5) is 23.1. The molecule has 0 spiro atoms. The molecule has 5 heteroatoms. The predicted molar refractivity (Wildman–Crippen MR) is 69.7 cm³/mol. The van der Waals surface area contributed by atoms with Crippen LogP contribution in [0.5, 0.6) is 0 Å². The van der Waals surface area contributed by atoms with Crippen LogP contribution in [0, 0.1) is 11.8 Å². The van der Waals surface area contributed by atoms with Gasteiger partial charge in [-0.05, 0) is 38.5 Å². The summed E-state index contributed by atoms with van der Waals surface area (Å²) in [5, 5.41) is 10.7. The van der Waals surface area contributed by atoms with Crippen molar-refractivity contribution >= 4 is 11.9 Å². The molecule has 112 valence electrons. The zero-order valence-electron chi connectivity index (χ0n) is 12.3. The van der Waals surface area contributed by atoms with Crippen molar-refractivity contribution in [2.24, 2.45) is 11.8 Å². The van der Waals surface area contributed by atoms with E-state index in [1.807, 2.05) is 6.92 Å². The van der Waals surface area contributed by atoms with Crippen molar-refractivity contribution in [3.63, 3.8) is 0 Å². The van der Waals surface area contributed by atoms with Crippen LogP contribution in [0.25, 0.3) is 0 Å². The number of carbonyl (C=O) groups excluding carboxylic acids is 2. The minimum Gasteiger partial charge on any atom is -0.455 e. The number of aliphatic hydroxyl groups is 1. The Morgan fingerprint density at radius 2 is 1.75 bits per heavy atom. The van der Waals surface area contributed by atoms with Crippen LogP contribution in [0.2, 0.25) is 0 Å². The molecule has 4 aliphatic rings. The second-order valence-electron chi connectivity index (χ2n) is 7.10. The number of esters is 2. The Labute approximate surface area is 118 Å². The quantitative estimate of drug-likeness (QED) is 0.778. The zero-order valence-corrected chi connectivity index (χ0v) is 12.3. The lowest BCUT2D eigenvalue weighted by molar-refractivity contribution is -0.304. The van der Waals surface area contributed by atoms with Gasteiger partial charge < -0.3 is 14.6 Å². The molecule has 4 aliphatic carbocycles. The molecule has 0 aliphatic heterocycles. The average Bonchev–Trinajstić information content (AvgIpc) is 2.21. The summed E-state index contributed by atoms with van der Waals surface area (Å²) < 4.78 is 11.3. The van der Waals surface area contributed by atoms with Gasteiger partial charge in [0.2, 0.25) is 0 Å². The SMILES string of the molecule is CC(=O)OC12CC3CC(CC(O)(C3)C1)C2(C)OC(C)=O. The molecular weight excluding hydrogens is 260 g/mol. The normalized spacial score (nSPS) is 49.0. The summed E-state index contributed by atoms with van der Waals surface area (Å²) in [7, 11) is 0. The van der Waals surface area contributed by atoms with Gasteiger partial charge in [0.1, 0.15) is 0 Å². The molecule has 0 radical (unpaired) electrons. The fourth-order valence-corrected chi connectivity index (χ4v) is 5.12. The van der Waals surface area contributed by atoms with E-state index in [0.717, 1.165) is 12.8 Å². The van der Waals surface area contributed by atoms with Crippen molar-refractivity contribution in [1.82, 2.24) is 0 Å². The van der Waals surface area contributed by atoms with Crippen LogP contribution < -0.4 is 0 Å². The Bertz CT molecular complexity index is 475. The van der Waals surface area contributed by atoms with Crippen LogP contribution in [0.3, 0.4) is 0 Å². The molecule has 4 rings (SSSR count). The molecule has 4 saturated carbocycles. The minimum absolute atomic E-state index is 0.0528. The molecule has 20 heavy (non-hydrogen) atoms. The van der Waals surface area contributed by atoms with Gasteiger partial charge in [0.05, 0.1) is 5.60 Å². The highest BCUT2D eigenvalue weighted by atomic mass is 16.6. The highest BCUT2D eigenvalue weighted by Gasteiger charge is 2.71. The fourth-order valence-electron chi connectivity index (χ4n) is 5.12. The van der Waals surface area contributed by atoms with Gasteiger partial charge in [0.15, 0.2) is 11.2 Å². The van der Waals surface area contributed by atoms with E-state index in [1.165, 1.54) is 13.8 Å². The summed E-state index contributed by atoms with van der Waals surface area (Å²) in [5.41, 5.74) is -2.47. The van der Waals surface area contributed by atoms with E-state index in [9.17, 15) is 14.7 Å². The molecule has 0 aromatic heterocycles. The van der Waals surface area contributed by atoms with Crippen molar-refractivity contribution < 1.29 is 24.2 Å². The average molecular weight is 282 g/mol. The summed E-state index contributed by atoms with van der Waals surface area (Å²) in [5.74, 6) is -0.347. The smallest absolute Gasteiger partial charge is 0.303 e. The third-order valence-corrected chi connectivity index (χ3v) is 5.52. The van der Waals surface area contributed by atoms with Gasteiger partial charge in [0.25, 0.3) is 0 Å². The molecule has 0 heterocycles. The van der Waals surface area contributed by atoms with Crippen molar-refractivity contribution in [2.45, 2.75) is 69.7 Å². The number of rotatable bonds is 2. The molecule has 4 fully saturated rings. The number of hydrogen-bond donors (Lipinski definition) is 1. The van der Waals surface area contributed by atoms with E-state index in [0.29, 0.717) is 25.2 Å².